The third kappa shape index (κ3) is 5.63. The zero-order valence-corrected chi connectivity index (χ0v) is 25.8. The number of nitrogen functional groups attached to an aromatic ring is 1. The molecule has 1 aliphatic rings. The molecule has 1 atom stereocenters. The quantitative estimate of drug-likeness (QED) is 0.143. The van der Waals surface area contributed by atoms with Gasteiger partial charge in [-0.25, -0.2) is 44.9 Å². The number of halogens is 4. The molecule has 244 valence electrons. The van der Waals surface area contributed by atoms with E-state index < -0.39 is 55.7 Å². The average molecular weight is 670 g/mol. The van der Waals surface area contributed by atoms with Crippen molar-refractivity contribution in [1.82, 2.24) is 29.0 Å². The number of sulfonamides is 1. The summed E-state index contributed by atoms with van der Waals surface area (Å²) in [7, 11) is -2.96. The Morgan fingerprint density at radius 2 is 1.60 bits per heavy atom. The molecule has 0 saturated carbocycles. The zero-order valence-electron chi connectivity index (χ0n) is 25.0. The summed E-state index contributed by atoms with van der Waals surface area (Å²) in [6.45, 7) is -0.187. The Balaban J connectivity index is 1.36. The monoisotopic (exact) mass is 669 g/mol. The zero-order chi connectivity index (χ0) is 33.6. The molecule has 1 saturated heterocycles. The minimum Gasteiger partial charge on any atom is -0.457 e. The van der Waals surface area contributed by atoms with Crippen molar-refractivity contribution < 1.29 is 35.5 Å². The molecule has 2 N–H and O–H groups in total. The number of nitrogens with two attached hydrogens (primary N) is 1. The average Bonchev–Trinajstić information content (AvgIpc) is 3.47. The molecular weight excluding hydrogens is 642 g/mol. The minimum atomic E-state index is -4.92. The SMILES string of the molecule is CN(C)S(=O)(=O)c1c(F)c(F)c(F)c(F)c1C(=O)N1CCC[C@@H](n2nc(-c3ccc(Oc4ccccc4)cc3)c3c(N)ncnc32)C1. The maximum absolute atomic E-state index is 15.1. The number of carbonyl (C=O) groups is 1. The fourth-order valence-corrected chi connectivity index (χ4v) is 6.60. The van der Waals surface area contributed by atoms with Crippen LogP contribution in [-0.2, 0) is 10.0 Å². The number of aromatic nitrogens is 4. The normalized spacial score (nSPS) is 15.4. The Kier molecular flexibility index (Phi) is 8.31. The fraction of sp³-hybridized carbons (Fsp3) is 0.226. The highest BCUT2D eigenvalue weighted by molar-refractivity contribution is 7.89. The summed E-state index contributed by atoms with van der Waals surface area (Å²) in [4.78, 5) is 21.6. The van der Waals surface area contributed by atoms with Crippen LogP contribution in [0.2, 0.25) is 0 Å². The molecule has 3 aromatic carbocycles. The minimum absolute atomic E-state index is 0.0110. The highest BCUT2D eigenvalue weighted by Crippen LogP contribution is 2.36. The summed E-state index contributed by atoms with van der Waals surface area (Å²) in [6.07, 6.45) is 2.02. The van der Waals surface area contributed by atoms with Gasteiger partial charge >= 0.3 is 0 Å². The molecule has 0 unspecified atom stereocenters. The van der Waals surface area contributed by atoms with Crippen molar-refractivity contribution >= 4 is 32.8 Å². The number of likely N-dealkylation sites (tertiary alicyclic amines) is 1. The maximum Gasteiger partial charge on any atom is 0.258 e. The van der Waals surface area contributed by atoms with E-state index in [0.717, 1.165) is 19.0 Å². The number of benzene rings is 3. The number of ether oxygens (including phenoxy) is 1. The smallest absolute Gasteiger partial charge is 0.258 e. The molecule has 3 heterocycles. The second-order valence-corrected chi connectivity index (χ2v) is 13.1. The van der Waals surface area contributed by atoms with Gasteiger partial charge in [0.15, 0.2) is 28.9 Å². The third-order valence-corrected chi connectivity index (χ3v) is 9.69. The van der Waals surface area contributed by atoms with Crippen LogP contribution in [0.1, 0.15) is 29.2 Å². The van der Waals surface area contributed by atoms with Gasteiger partial charge in [0.1, 0.15) is 39.8 Å². The van der Waals surface area contributed by atoms with E-state index in [1.807, 2.05) is 30.3 Å². The summed E-state index contributed by atoms with van der Waals surface area (Å²) in [5, 5.41) is 5.20. The number of amides is 1. The van der Waals surface area contributed by atoms with Crippen LogP contribution in [0.3, 0.4) is 0 Å². The van der Waals surface area contributed by atoms with Gasteiger partial charge in [-0.3, -0.25) is 4.79 Å². The molecule has 5 aromatic rings. The molecular formula is C31H27F4N7O4S. The van der Waals surface area contributed by atoms with Gasteiger partial charge in [-0.15, -0.1) is 0 Å². The third-order valence-electron chi connectivity index (χ3n) is 7.83. The number of nitrogens with zero attached hydrogens (tertiary/aromatic N) is 6. The van der Waals surface area contributed by atoms with Crippen molar-refractivity contribution in [3.05, 3.63) is 89.8 Å². The molecule has 0 aliphatic carbocycles. The van der Waals surface area contributed by atoms with E-state index in [-0.39, 0.29) is 18.9 Å². The lowest BCUT2D eigenvalue weighted by Crippen LogP contribution is -2.42. The van der Waals surface area contributed by atoms with Crippen molar-refractivity contribution in [2.75, 3.05) is 32.9 Å². The van der Waals surface area contributed by atoms with Crippen LogP contribution in [0.5, 0.6) is 11.5 Å². The van der Waals surface area contributed by atoms with E-state index in [2.05, 4.69) is 9.97 Å². The highest BCUT2D eigenvalue weighted by Gasteiger charge is 2.40. The number of piperidine rings is 1. The van der Waals surface area contributed by atoms with Gasteiger partial charge in [0.25, 0.3) is 5.91 Å². The number of anilines is 1. The predicted molar refractivity (Wildman–Crippen MR) is 163 cm³/mol. The van der Waals surface area contributed by atoms with Crippen LogP contribution in [0.25, 0.3) is 22.3 Å². The first-order valence-electron chi connectivity index (χ1n) is 14.3. The molecule has 47 heavy (non-hydrogen) atoms. The molecule has 2 aromatic heterocycles. The second-order valence-electron chi connectivity index (χ2n) is 11.0. The van der Waals surface area contributed by atoms with E-state index in [0.29, 0.717) is 50.9 Å². The van der Waals surface area contributed by atoms with E-state index >= 15 is 4.39 Å². The summed E-state index contributed by atoms with van der Waals surface area (Å²) in [5.74, 6) is -8.90. The summed E-state index contributed by atoms with van der Waals surface area (Å²) in [6, 6.07) is 15.7. The largest absolute Gasteiger partial charge is 0.457 e. The molecule has 0 radical (unpaired) electrons. The molecule has 0 spiro atoms. The lowest BCUT2D eigenvalue weighted by molar-refractivity contribution is 0.0663. The van der Waals surface area contributed by atoms with Crippen LogP contribution in [0.4, 0.5) is 23.4 Å². The van der Waals surface area contributed by atoms with Crippen molar-refractivity contribution in [1.29, 1.82) is 0 Å². The molecule has 16 heteroatoms. The van der Waals surface area contributed by atoms with Crippen LogP contribution >= 0.6 is 0 Å². The Bertz CT molecular complexity index is 2110. The molecule has 0 bridgehead atoms. The Labute approximate surface area is 266 Å². The molecule has 11 nitrogen and oxygen atoms in total. The van der Waals surface area contributed by atoms with Crippen molar-refractivity contribution in [3.8, 4) is 22.8 Å². The van der Waals surface area contributed by atoms with Crippen LogP contribution in [0, 0.1) is 23.3 Å². The Morgan fingerprint density at radius 3 is 2.28 bits per heavy atom. The number of rotatable bonds is 7. The first-order chi connectivity index (χ1) is 22.4. The van der Waals surface area contributed by atoms with Gasteiger partial charge in [-0.2, -0.15) is 5.10 Å². The van der Waals surface area contributed by atoms with Crippen LogP contribution < -0.4 is 10.5 Å². The number of carbonyl (C=O) groups excluding carboxylic acids is 1. The van der Waals surface area contributed by atoms with Crippen molar-refractivity contribution in [2.45, 2.75) is 23.8 Å². The van der Waals surface area contributed by atoms with E-state index in [9.17, 15) is 26.4 Å². The van der Waals surface area contributed by atoms with Gasteiger partial charge in [-0.1, -0.05) is 18.2 Å². The Hall–Kier alpha value is -5.09. The van der Waals surface area contributed by atoms with Crippen molar-refractivity contribution in [3.63, 3.8) is 0 Å². The lowest BCUT2D eigenvalue weighted by Gasteiger charge is -2.33. The molecule has 6 rings (SSSR count). The Morgan fingerprint density at radius 1 is 0.936 bits per heavy atom. The molecule has 1 aliphatic heterocycles. The second kappa shape index (κ2) is 12.3. The highest BCUT2D eigenvalue weighted by atomic mass is 32.2. The van der Waals surface area contributed by atoms with Gasteiger partial charge < -0.3 is 15.4 Å². The van der Waals surface area contributed by atoms with Gasteiger partial charge in [0.05, 0.1) is 11.4 Å². The van der Waals surface area contributed by atoms with E-state index in [1.165, 1.54) is 11.0 Å². The van der Waals surface area contributed by atoms with Gasteiger partial charge in [0, 0.05) is 32.7 Å². The van der Waals surface area contributed by atoms with Crippen molar-refractivity contribution in [2.24, 2.45) is 0 Å². The lowest BCUT2D eigenvalue weighted by atomic mass is 10.0. The summed E-state index contributed by atoms with van der Waals surface area (Å²) < 4.78 is 92.4. The van der Waals surface area contributed by atoms with Crippen LogP contribution in [-0.4, -0.2) is 70.5 Å². The first kappa shape index (κ1) is 31.9. The van der Waals surface area contributed by atoms with Crippen LogP contribution in [0.15, 0.2) is 65.8 Å². The first-order valence-corrected chi connectivity index (χ1v) is 15.7. The summed E-state index contributed by atoms with van der Waals surface area (Å²) in [5.41, 5.74) is 6.25. The number of hydrogen-bond acceptors (Lipinski definition) is 8. The number of fused-ring (bicyclic) bond motifs is 1. The molecule has 1 amide bonds. The maximum atomic E-state index is 15.1. The predicted octanol–water partition coefficient (Wildman–Crippen LogP) is 5.15. The van der Waals surface area contributed by atoms with Gasteiger partial charge in [0.2, 0.25) is 10.0 Å². The standard InChI is InChI=1S/C31H27F4N7O4S/c1-40(2)47(44,45)28-21(23(32)24(33)25(34)26(28)35)31(43)41-14-6-7-18(15-41)42-30-22(29(36)37-16-38-30)27(39-42)17-10-12-20(13-11-17)46-19-8-4-3-5-9-19/h3-5,8-13,16,18H,6-7,14-15H2,1-2H3,(H2,36,37,38)/t18-/m1/s1. The fourth-order valence-electron chi connectivity index (χ4n) is 5.48. The molecule has 1 fully saturated rings. The number of para-hydroxylation sites is 1. The van der Waals surface area contributed by atoms with E-state index in [1.54, 1.807) is 24.3 Å². The number of hydrogen-bond donors (Lipinski definition) is 1. The summed E-state index contributed by atoms with van der Waals surface area (Å²) >= 11 is 0. The van der Waals surface area contributed by atoms with E-state index in [4.69, 9.17) is 15.6 Å². The van der Waals surface area contributed by atoms with Gasteiger partial charge in [-0.05, 0) is 49.2 Å². The topological polar surface area (TPSA) is 137 Å².